The molecule has 0 bridgehead atoms. The van der Waals surface area contributed by atoms with Crippen LogP contribution in [0.4, 0.5) is 0 Å². The van der Waals surface area contributed by atoms with Crippen LogP contribution in [0.25, 0.3) is 0 Å². The fraction of sp³-hybridized carbons (Fsp3) is 0.417. The first-order chi connectivity index (χ1) is 7.72. The highest BCUT2D eigenvalue weighted by Gasteiger charge is 2.20. The lowest BCUT2D eigenvalue weighted by Crippen LogP contribution is -2.14. The molecule has 1 fully saturated rings. The van der Waals surface area contributed by atoms with Crippen LogP contribution in [0, 0.1) is 0 Å². The van der Waals surface area contributed by atoms with Gasteiger partial charge in [-0.15, -0.1) is 0 Å². The van der Waals surface area contributed by atoms with Crippen molar-refractivity contribution in [2.75, 3.05) is 13.7 Å². The van der Waals surface area contributed by atoms with E-state index in [0.717, 1.165) is 24.9 Å². The van der Waals surface area contributed by atoms with Crippen LogP contribution in [0.5, 0.6) is 5.75 Å². The third-order valence-electron chi connectivity index (χ3n) is 2.88. The van der Waals surface area contributed by atoms with E-state index in [1.54, 1.807) is 18.2 Å². The standard InChI is InChI=1S/C12H15NO3/c1-16-12(15)8-4-5-11(14)9(7-8)10-3-2-6-13-10/h4-5,7,10,13-14H,2-3,6H2,1H3/t10-/m0/s1. The molecule has 1 aromatic rings. The van der Waals surface area contributed by atoms with Crippen molar-refractivity contribution in [1.29, 1.82) is 0 Å². The first-order valence-corrected chi connectivity index (χ1v) is 5.37. The second kappa shape index (κ2) is 4.53. The van der Waals surface area contributed by atoms with Crippen LogP contribution >= 0.6 is 0 Å². The van der Waals surface area contributed by atoms with Gasteiger partial charge in [-0.05, 0) is 37.6 Å². The molecule has 1 saturated heterocycles. The second-order valence-electron chi connectivity index (χ2n) is 3.91. The van der Waals surface area contributed by atoms with Crippen molar-refractivity contribution in [3.63, 3.8) is 0 Å². The molecular formula is C12H15NO3. The van der Waals surface area contributed by atoms with E-state index in [4.69, 9.17) is 0 Å². The zero-order valence-corrected chi connectivity index (χ0v) is 9.19. The Hall–Kier alpha value is -1.55. The summed E-state index contributed by atoms with van der Waals surface area (Å²) in [5.74, 6) is -0.147. The van der Waals surface area contributed by atoms with Crippen molar-refractivity contribution in [3.8, 4) is 5.75 Å². The van der Waals surface area contributed by atoms with Crippen LogP contribution in [-0.2, 0) is 4.74 Å². The molecule has 16 heavy (non-hydrogen) atoms. The van der Waals surface area contributed by atoms with E-state index in [1.807, 2.05) is 0 Å². The van der Waals surface area contributed by atoms with Crippen LogP contribution in [-0.4, -0.2) is 24.7 Å². The molecule has 2 N–H and O–H groups in total. The number of aromatic hydroxyl groups is 1. The Morgan fingerprint density at radius 2 is 2.38 bits per heavy atom. The molecule has 2 rings (SSSR count). The zero-order valence-electron chi connectivity index (χ0n) is 9.19. The van der Waals surface area contributed by atoms with E-state index >= 15 is 0 Å². The molecular weight excluding hydrogens is 206 g/mol. The number of ether oxygens (including phenoxy) is 1. The van der Waals surface area contributed by atoms with E-state index in [-0.39, 0.29) is 17.8 Å². The Morgan fingerprint density at radius 1 is 1.56 bits per heavy atom. The lowest BCUT2D eigenvalue weighted by molar-refractivity contribution is 0.0600. The molecule has 0 unspecified atom stereocenters. The van der Waals surface area contributed by atoms with Gasteiger partial charge in [0.15, 0.2) is 0 Å². The van der Waals surface area contributed by atoms with E-state index in [2.05, 4.69) is 10.1 Å². The molecule has 0 radical (unpaired) electrons. The summed E-state index contributed by atoms with van der Waals surface area (Å²) in [6.07, 6.45) is 2.07. The first-order valence-electron chi connectivity index (χ1n) is 5.37. The summed E-state index contributed by atoms with van der Waals surface area (Å²) in [4.78, 5) is 11.4. The van der Waals surface area contributed by atoms with Crippen molar-refractivity contribution in [3.05, 3.63) is 29.3 Å². The molecule has 1 heterocycles. The number of phenols is 1. The van der Waals surface area contributed by atoms with E-state index < -0.39 is 0 Å². The smallest absolute Gasteiger partial charge is 0.337 e. The van der Waals surface area contributed by atoms with Crippen molar-refractivity contribution < 1.29 is 14.6 Å². The topological polar surface area (TPSA) is 58.6 Å². The number of hydrogen-bond donors (Lipinski definition) is 2. The maximum absolute atomic E-state index is 11.4. The van der Waals surface area contributed by atoms with Crippen LogP contribution in [0.2, 0.25) is 0 Å². The first kappa shape index (κ1) is 11.0. The average Bonchev–Trinajstić information content (AvgIpc) is 2.82. The fourth-order valence-corrected chi connectivity index (χ4v) is 2.03. The van der Waals surface area contributed by atoms with Crippen LogP contribution in [0.15, 0.2) is 18.2 Å². The number of carbonyl (C=O) groups is 1. The van der Waals surface area contributed by atoms with Crippen LogP contribution < -0.4 is 5.32 Å². The number of nitrogens with one attached hydrogen (secondary N) is 1. The minimum absolute atomic E-state index is 0.143. The summed E-state index contributed by atoms with van der Waals surface area (Å²) in [6, 6.07) is 4.95. The van der Waals surface area contributed by atoms with E-state index in [0.29, 0.717) is 5.56 Å². The molecule has 0 spiro atoms. The molecule has 86 valence electrons. The normalized spacial score (nSPS) is 19.7. The van der Waals surface area contributed by atoms with Gasteiger partial charge in [-0.3, -0.25) is 0 Å². The third kappa shape index (κ3) is 2.02. The molecule has 1 aromatic carbocycles. The summed E-state index contributed by atoms with van der Waals surface area (Å²) >= 11 is 0. The molecule has 0 aromatic heterocycles. The average molecular weight is 221 g/mol. The van der Waals surface area contributed by atoms with Crippen LogP contribution in [0.1, 0.15) is 34.8 Å². The Morgan fingerprint density at radius 3 is 3.00 bits per heavy atom. The van der Waals surface area contributed by atoms with Crippen molar-refractivity contribution in [2.45, 2.75) is 18.9 Å². The largest absolute Gasteiger partial charge is 0.508 e. The highest BCUT2D eigenvalue weighted by molar-refractivity contribution is 5.89. The Labute approximate surface area is 94.2 Å². The Bertz CT molecular complexity index is 397. The van der Waals surface area contributed by atoms with Gasteiger partial charge in [0, 0.05) is 11.6 Å². The summed E-state index contributed by atoms with van der Waals surface area (Å²) in [5.41, 5.74) is 1.25. The Kier molecular flexibility index (Phi) is 3.10. The molecule has 0 saturated carbocycles. The van der Waals surface area contributed by atoms with Gasteiger partial charge in [0.2, 0.25) is 0 Å². The Balaban J connectivity index is 2.32. The highest BCUT2D eigenvalue weighted by Crippen LogP contribution is 2.30. The van der Waals surface area contributed by atoms with Gasteiger partial charge < -0.3 is 15.2 Å². The number of benzene rings is 1. The number of phenolic OH excluding ortho intramolecular Hbond substituents is 1. The van der Waals surface area contributed by atoms with Crippen LogP contribution in [0.3, 0.4) is 0 Å². The number of carbonyl (C=O) groups excluding carboxylic acids is 1. The maximum atomic E-state index is 11.4. The van der Waals surface area contributed by atoms with Gasteiger partial charge in [-0.1, -0.05) is 0 Å². The molecule has 1 aliphatic rings. The lowest BCUT2D eigenvalue weighted by Gasteiger charge is -2.13. The monoisotopic (exact) mass is 221 g/mol. The van der Waals surface area contributed by atoms with E-state index in [9.17, 15) is 9.90 Å². The van der Waals surface area contributed by atoms with Gasteiger partial charge >= 0.3 is 5.97 Å². The molecule has 4 nitrogen and oxygen atoms in total. The lowest BCUT2D eigenvalue weighted by atomic mass is 10.0. The van der Waals surface area contributed by atoms with Gasteiger partial charge in [0.1, 0.15) is 5.75 Å². The molecule has 4 heteroatoms. The zero-order chi connectivity index (χ0) is 11.5. The quantitative estimate of drug-likeness (QED) is 0.745. The summed E-state index contributed by atoms with van der Waals surface area (Å²) in [5, 5.41) is 13.0. The minimum Gasteiger partial charge on any atom is -0.508 e. The predicted octanol–water partition coefficient (Wildman–Crippen LogP) is 1.60. The summed E-state index contributed by atoms with van der Waals surface area (Å²) < 4.78 is 4.65. The number of esters is 1. The molecule has 1 atom stereocenters. The number of hydrogen-bond acceptors (Lipinski definition) is 4. The minimum atomic E-state index is -0.376. The van der Waals surface area contributed by atoms with Crippen molar-refractivity contribution >= 4 is 5.97 Å². The molecule has 1 aliphatic heterocycles. The van der Waals surface area contributed by atoms with Gasteiger partial charge in [-0.2, -0.15) is 0 Å². The van der Waals surface area contributed by atoms with Gasteiger partial charge in [0.05, 0.1) is 12.7 Å². The number of methoxy groups -OCH3 is 1. The van der Waals surface area contributed by atoms with E-state index in [1.165, 1.54) is 7.11 Å². The van der Waals surface area contributed by atoms with Crippen molar-refractivity contribution in [1.82, 2.24) is 5.32 Å². The number of rotatable bonds is 2. The van der Waals surface area contributed by atoms with Gasteiger partial charge in [0.25, 0.3) is 0 Å². The molecule has 0 amide bonds. The summed E-state index contributed by atoms with van der Waals surface area (Å²) in [7, 11) is 1.35. The second-order valence-corrected chi connectivity index (χ2v) is 3.91. The predicted molar refractivity (Wildman–Crippen MR) is 59.4 cm³/mol. The molecule has 0 aliphatic carbocycles. The van der Waals surface area contributed by atoms with Gasteiger partial charge in [-0.25, -0.2) is 4.79 Å². The third-order valence-corrected chi connectivity index (χ3v) is 2.88. The highest BCUT2D eigenvalue weighted by atomic mass is 16.5. The SMILES string of the molecule is COC(=O)c1ccc(O)c([C@@H]2CCCN2)c1. The van der Waals surface area contributed by atoms with Crippen molar-refractivity contribution in [2.24, 2.45) is 0 Å². The maximum Gasteiger partial charge on any atom is 0.337 e. The summed E-state index contributed by atoms with van der Waals surface area (Å²) in [6.45, 7) is 0.951. The fourth-order valence-electron chi connectivity index (χ4n) is 2.03.